The Balaban J connectivity index is 1.73. The van der Waals surface area contributed by atoms with Crippen LogP contribution in [0.15, 0.2) is 48.8 Å². The van der Waals surface area contributed by atoms with Crippen molar-refractivity contribution in [3.8, 4) is 0 Å². The van der Waals surface area contributed by atoms with E-state index in [0.29, 0.717) is 6.04 Å². The quantitative estimate of drug-likeness (QED) is 0.826. The summed E-state index contributed by atoms with van der Waals surface area (Å²) in [6.07, 6.45) is 5.88. The second-order valence-corrected chi connectivity index (χ2v) is 4.90. The Bertz CT molecular complexity index is 536. The first-order valence-corrected chi connectivity index (χ1v) is 6.68. The highest BCUT2D eigenvalue weighted by Crippen LogP contribution is 2.22. The monoisotopic (exact) mass is 255 g/mol. The first kappa shape index (κ1) is 12.0. The largest absolute Gasteiger partial charge is 0.337 e. The van der Waals surface area contributed by atoms with Gasteiger partial charge in [0.25, 0.3) is 5.91 Å². The fourth-order valence-electron chi connectivity index (χ4n) is 2.62. The molecule has 0 aliphatic carbocycles. The molecule has 1 unspecified atom stereocenters. The van der Waals surface area contributed by atoms with Crippen molar-refractivity contribution in [2.75, 3.05) is 13.1 Å². The van der Waals surface area contributed by atoms with Gasteiger partial charge in [-0.15, -0.1) is 0 Å². The average Bonchev–Trinajstić information content (AvgIpc) is 3.02. The summed E-state index contributed by atoms with van der Waals surface area (Å²) in [6, 6.07) is 11.7. The van der Waals surface area contributed by atoms with Crippen molar-refractivity contribution < 1.29 is 4.79 Å². The van der Waals surface area contributed by atoms with Crippen molar-refractivity contribution in [3.63, 3.8) is 0 Å². The molecule has 4 heteroatoms. The van der Waals surface area contributed by atoms with Crippen molar-refractivity contribution >= 4 is 5.91 Å². The molecule has 0 spiro atoms. The number of aromatic nitrogens is 2. The van der Waals surface area contributed by atoms with Gasteiger partial charge in [0.15, 0.2) is 0 Å². The van der Waals surface area contributed by atoms with Gasteiger partial charge in [0, 0.05) is 31.0 Å². The minimum atomic E-state index is 0.123. The molecule has 1 aliphatic heterocycles. The first-order valence-electron chi connectivity index (χ1n) is 6.68. The number of benzene rings is 1. The maximum absolute atomic E-state index is 12.4. The zero-order chi connectivity index (χ0) is 13.1. The number of nitrogens with zero attached hydrogens (tertiary/aromatic N) is 3. The molecule has 0 saturated carbocycles. The molecule has 1 atom stereocenters. The number of rotatable bonds is 2. The Morgan fingerprint density at radius 2 is 2.05 bits per heavy atom. The predicted molar refractivity (Wildman–Crippen MR) is 72.8 cm³/mol. The highest BCUT2D eigenvalue weighted by atomic mass is 16.2. The van der Waals surface area contributed by atoms with E-state index in [4.69, 9.17) is 0 Å². The number of likely N-dealkylation sites (tertiary alicyclic amines) is 1. The number of amides is 1. The Morgan fingerprint density at radius 1 is 1.21 bits per heavy atom. The SMILES string of the molecule is O=C(c1ccccc1)N1CCCC(n2cccn2)C1. The van der Waals surface area contributed by atoms with Crippen LogP contribution in [0.2, 0.25) is 0 Å². The molecule has 2 aromatic rings. The van der Waals surface area contributed by atoms with Crippen LogP contribution in [0.25, 0.3) is 0 Å². The molecule has 1 aromatic heterocycles. The molecule has 1 fully saturated rings. The lowest BCUT2D eigenvalue weighted by molar-refractivity contribution is 0.0673. The zero-order valence-corrected chi connectivity index (χ0v) is 10.8. The van der Waals surface area contributed by atoms with Crippen molar-refractivity contribution in [1.82, 2.24) is 14.7 Å². The molecular weight excluding hydrogens is 238 g/mol. The van der Waals surface area contributed by atoms with Crippen molar-refractivity contribution in [3.05, 3.63) is 54.4 Å². The summed E-state index contributed by atoms with van der Waals surface area (Å²) in [5.74, 6) is 0.123. The Hall–Kier alpha value is -2.10. The number of piperidine rings is 1. The van der Waals surface area contributed by atoms with Crippen LogP contribution in [0.5, 0.6) is 0 Å². The Morgan fingerprint density at radius 3 is 2.79 bits per heavy atom. The van der Waals surface area contributed by atoms with Crippen molar-refractivity contribution in [1.29, 1.82) is 0 Å². The molecule has 98 valence electrons. The number of hydrogen-bond acceptors (Lipinski definition) is 2. The van der Waals surface area contributed by atoms with Gasteiger partial charge >= 0.3 is 0 Å². The standard InChI is InChI=1S/C15H17N3O/c19-15(13-6-2-1-3-7-13)17-10-4-8-14(12-17)18-11-5-9-16-18/h1-3,5-7,9,11,14H,4,8,10,12H2. The van der Waals surface area contributed by atoms with Gasteiger partial charge in [-0.05, 0) is 31.0 Å². The lowest BCUT2D eigenvalue weighted by atomic mass is 10.0. The Labute approximate surface area is 112 Å². The van der Waals surface area contributed by atoms with Gasteiger partial charge in [0.2, 0.25) is 0 Å². The predicted octanol–water partition coefficient (Wildman–Crippen LogP) is 2.36. The maximum atomic E-state index is 12.4. The summed E-state index contributed by atoms with van der Waals surface area (Å²) in [4.78, 5) is 14.3. The molecule has 4 nitrogen and oxygen atoms in total. The third kappa shape index (κ3) is 2.52. The third-order valence-electron chi connectivity index (χ3n) is 3.60. The molecule has 1 saturated heterocycles. The lowest BCUT2D eigenvalue weighted by Gasteiger charge is -2.33. The summed E-state index contributed by atoms with van der Waals surface area (Å²) in [5.41, 5.74) is 0.767. The van der Waals surface area contributed by atoms with Gasteiger partial charge in [-0.3, -0.25) is 9.48 Å². The average molecular weight is 255 g/mol. The van der Waals surface area contributed by atoms with E-state index < -0.39 is 0 Å². The van der Waals surface area contributed by atoms with E-state index in [1.54, 1.807) is 6.20 Å². The number of carbonyl (C=O) groups excluding carboxylic acids is 1. The summed E-state index contributed by atoms with van der Waals surface area (Å²) in [7, 11) is 0. The summed E-state index contributed by atoms with van der Waals surface area (Å²) < 4.78 is 1.96. The number of hydrogen-bond donors (Lipinski definition) is 0. The fourth-order valence-corrected chi connectivity index (χ4v) is 2.62. The number of carbonyl (C=O) groups is 1. The minimum Gasteiger partial charge on any atom is -0.337 e. The van der Waals surface area contributed by atoms with Crippen LogP contribution in [0.4, 0.5) is 0 Å². The molecule has 0 N–H and O–H groups in total. The molecule has 3 rings (SSSR count). The van der Waals surface area contributed by atoms with E-state index in [0.717, 1.165) is 31.5 Å². The lowest BCUT2D eigenvalue weighted by Crippen LogP contribution is -2.40. The van der Waals surface area contributed by atoms with E-state index in [2.05, 4.69) is 5.10 Å². The van der Waals surface area contributed by atoms with E-state index in [1.165, 1.54) is 0 Å². The highest BCUT2D eigenvalue weighted by Gasteiger charge is 2.25. The van der Waals surface area contributed by atoms with Gasteiger partial charge in [-0.2, -0.15) is 5.10 Å². The molecule has 1 aliphatic rings. The van der Waals surface area contributed by atoms with Gasteiger partial charge < -0.3 is 4.90 Å². The normalized spacial score (nSPS) is 19.4. The van der Waals surface area contributed by atoms with Crippen molar-refractivity contribution in [2.24, 2.45) is 0 Å². The smallest absolute Gasteiger partial charge is 0.253 e. The zero-order valence-electron chi connectivity index (χ0n) is 10.8. The summed E-state index contributed by atoms with van der Waals surface area (Å²) >= 11 is 0. The van der Waals surface area contributed by atoms with Gasteiger partial charge in [0.1, 0.15) is 0 Å². The van der Waals surface area contributed by atoms with Crippen LogP contribution in [-0.2, 0) is 0 Å². The van der Waals surface area contributed by atoms with Crippen LogP contribution in [0.1, 0.15) is 29.2 Å². The molecule has 0 radical (unpaired) electrons. The molecule has 1 amide bonds. The van der Waals surface area contributed by atoms with Crippen LogP contribution < -0.4 is 0 Å². The van der Waals surface area contributed by atoms with Crippen LogP contribution in [-0.4, -0.2) is 33.7 Å². The van der Waals surface area contributed by atoms with E-state index in [1.807, 2.05) is 52.2 Å². The van der Waals surface area contributed by atoms with Crippen LogP contribution >= 0.6 is 0 Å². The van der Waals surface area contributed by atoms with Gasteiger partial charge in [-0.25, -0.2) is 0 Å². The highest BCUT2D eigenvalue weighted by molar-refractivity contribution is 5.94. The Kier molecular flexibility index (Phi) is 3.31. The topological polar surface area (TPSA) is 38.1 Å². The second kappa shape index (κ2) is 5.26. The second-order valence-electron chi connectivity index (χ2n) is 4.90. The molecule has 19 heavy (non-hydrogen) atoms. The summed E-state index contributed by atoms with van der Waals surface area (Å²) in [5, 5.41) is 4.29. The maximum Gasteiger partial charge on any atom is 0.253 e. The van der Waals surface area contributed by atoms with E-state index in [9.17, 15) is 4.79 Å². The molecular formula is C15H17N3O. The van der Waals surface area contributed by atoms with Crippen LogP contribution in [0, 0.1) is 0 Å². The summed E-state index contributed by atoms with van der Waals surface area (Å²) in [6.45, 7) is 1.58. The van der Waals surface area contributed by atoms with Crippen LogP contribution in [0.3, 0.4) is 0 Å². The minimum absolute atomic E-state index is 0.123. The molecule has 2 heterocycles. The van der Waals surface area contributed by atoms with E-state index >= 15 is 0 Å². The molecule has 0 bridgehead atoms. The third-order valence-corrected chi connectivity index (χ3v) is 3.60. The van der Waals surface area contributed by atoms with E-state index in [-0.39, 0.29) is 5.91 Å². The first-order chi connectivity index (χ1) is 9.34. The van der Waals surface area contributed by atoms with Crippen molar-refractivity contribution in [2.45, 2.75) is 18.9 Å². The fraction of sp³-hybridized carbons (Fsp3) is 0.333. The van der Waals surface area contributed by atoms with Gasteiger partial charge in [-0.1, -0.05) is 18.2 Å². The molecule has 1 aromatic carbocycles. The van der Waals surface area contributed by atoms with Gasteiger partial charge in [0.05, 0.1) is 6.04 Å².